The van der Waals surface area contributed by atoms with Crippen LogP contribution in [-0.2, 0) is 9.53 Å². The van der Waals surface area contributed by atoms with E-state index < -0.39 is 5.66 Å². The molecule has 3 fully saturated rings. The molecule has 1 aromatic rings. The van der Waals surface area contributed by atoms with Gasteiger partial charge < -0.3 is 20.7 Å². The van der Waals surface area contributed by atoms with Crippen LogP contribution < -0.4 is 16.0 Å². The number of ether oxygens (including phenoxy) is 1. The second-order valence-electron chi connectivity index (χ2n) is 8.02. The Morgan fingerprint density at radius 2 is 2.15 bits per heavy atom. The van der Waals surface area contributed by atoms with E-state index in [-0.39, 0.29) is 23.7 Å². The van der Waals surface area contributed by atoms with Crippen molar-refractivity contribution in [3.05, 3.63) is 29.8 Å². The number of para-hydroxylation sites is 1. The van der Waals surface area contributed by atoms with Crippen molar-refractivity contribution in [2.45, 2.75) is 44.7 Å². The summed E-state index contributed by atoms with van der Waals surface area (Å²) in [6.45, 7) is 4.04. The zero-order chi connectivity index (χ0) is 18.9. The number of nitrogens with one attached hydrogen (secondary N) is 3. The van der Waals surface area contributed by atoms with Crippen molar-refractivity contribution in [2.75, 3.05) is 25.1 Å². The standard InChI is InChI=1S/C21H29N3O3/c1-2-27-11-5-10-22-19(25)17-12-15-9-8-14(17)13-21(15)23-18-7-4-3-6-16(18)20(26)24-21/h3-4,6-7,14-15,17,23H,2,5,8-13H2,1H3,(H,22,25)(H,24,26)/t14-,15+,17+,21+/m0/s1. The first-order valence-electron chi connectivity index (χ1n) is 10.2. The average molecular weight is 371 g/mol. The van der Waals surface area contributed by atoms with Gasteiger partial charge in [-0.15, -0.1) is 0 Å². The summed E-state index contributed by atoms with van der Waals surface area (Å²) in [7, 11) is 0. The summed E-state index contributed by atoms with van der Waals surface area (Å²) < 4.78 is 5.32. The number of benzene rings is 1. The number of anilines is 1. The molecule has 0 saturated heterocycles. The molecule has 1 spiro atoms. The molecule has 3 aliphatic carbocycles. The van der Waals surface area contributed by atoms with Gasteiger partial charge in [0.1, 0.15) is 5.66 Å². The molecule has 1 aromatic carbocycles. The highest BCUT2D eigenvalue weighted by Crippen LogP contribution is 2.51. The summed E-state index contributed by atoms with van der Waals surface area (Å²) in [6, 6.07) is 7.67. The lowest BCUT2D eigenvalue weighted by molar-refractivity contribution is -0.132. The van der Waals surface area contributed by atoms with E-state index in [0.717, 1.165) is 37.8 Å². The summed E-state index contributed by atoms with van der Waals surface area (Å²) >= 11 is 0. The van der Waals surface area contributed by atoms with Gasteiger partial charge in [0.2, 0.25) is 5.91 Å². The molecule has 1 aliphatic heterocycles. The Morgan fingerprint density at radius 1 is 1.30 bits per heavy atom. The van der Waals surface area contributed by atoms with Gasteiger partial charge in [-0.25, -0.2) is 0 Å². The quantitative estimate of drug-likeness (QED) is 0.672. The van der Waals surface area contributed by atoms with Gasteiger partial charge in [0.25, 0.3) is 5.91 Å². The van der Waals surface area contributed by atoms with Crippen molar-refractivity contribution in [2.24, 2.45) is 17.8 Å². The van der Waals surface area contributed by atoms with Gasteiger partial charge in [-0.3, -0.25) is 9.59 Å². The van der Waals surface area contributed by atoms with Crippen molar-refractivity contribution in [1.82, 2.24) is 10.6 Å². The van der Waals surface area contributed by atoms with Crippen LogP contribution in [0.1, 0.15) is 49.4 Å². The Morgan fingerprint density at radius 3 is 2.93 bits per heavy atom. The van der Waals surface area contributed by atoms with Crippen molar-refractivity contribution < 1.29 is 14.3 Å². The van der Waals surface area contributed by atoms with Gasteiger partial charge in [-0.2, -0.15) is 0 Å². The monoisotopic (exact) mass is 371 g/mol. The third-order valence-corrected chi connectivity index (χ3v) is 6.45. The molecule has 4 aliphatic rings. The normalized spacial score (nSPS) is 31.1. The van der Waals surface area contributed by atoms with Crippen LogP contribution in [0.4, 0.5) is 5.69 Å². The minimum absolute atomic E-state index is 0.00572. The number of carbonyl (C=O) groups is 2. The molecule has 2 amide bonds. The third-order valence-electron chi connectivity index (χ3n) is 6.45. The van der Waals surface area contributed by atoms with E-state index in [1.807, 2.05) is 31.2 Å². The van der Waals surface area contributed by atoms with E-state index in [0.29, 0.717) is 31.2 Å². The fourth-order valence-corrected chi connectivity index (χ4v) is 5.13. The van der Waals surface area contributed by atoms with Gasteiger partial charge in [0, 0.05) is 37.3 Å². The number of hydrogen-bond donors (Lipinski definition) is 3. The molecule has 2 bridgehead atoms. The van der Waals surface area contributed by atoms with E-state index in [1.165, 1.54) is 0 Å². The maximum Gasteiger partial charge on any atom is 0.255 e. The Labute approximate surface area is 160 Å². The molecular formula is C21H29N3O3. The second-order valence-corrected chi connectivity index (χ2v) is 8.02. The van der Waals surface area contributed by atoms with Crippen LogP contribution in [0, 0.1) is 17.8 Å². The molecule has 146 valence electrons. The molecule has 0 unspecified atom stereocenters. The van der Waals surface area contributed by atoms with Gasteiger partial charge in [0.05, 0.1) is 5.56 Å². The predicted octanol–water partition coefficient (Wildman–Crippen LogP) is 2.52. The summed E-state index contributed by atoms with van der Waals surface area (Å²) in [5.41, 5.74) is 1.21. The van der Waals surface area contributed by atoms with Crippen LogP contribution in [0.5, 0.6) is 0 Å². The lowest BCUT2D eigenvalue weighted by Crippen LogP contribution is -2.68. The zero-order valence-electron chi connectivity index (χ0n) is 15.9. The topological polar surface area (TPSA) is 79.5 Å². The smallest absolute Gasteiger partial charge is 0.255 e. The Hall–Kier alpha value is -2.08. The highest BCUT2D eigenvalue weighted by Gasteiger charge is 2.55. The molecule has 3 N–H and O–H groups in total. The van der Waals surface area contributed by atoms with E-state index in [9.17, 15) is 9.59 Å². The number of fused-ring (bicyclic) bond motifs is 3. The van der Waals surface area contributed by atoms with Crippen LogP contribution in [0.25, 0.3) is 0 Å². The Kier molecular flexibility index (Phi) is 5.08. The highest BCUT2D eigenvalue weighted by molar-refractivity contribution is 6.02. The summed E-state index contributed by atoms with van der Waals surface area (Å²) in [4.78, 5) is 25.3. The number of carbonyl (C=O) groups excluding carboxylic acids is 2. The van der Waals surface area contributed by atoms with Crippen molar-refractivity contribution in [1.29, 1.82) is 0 Å². The minimum atomic E-state index is -0.403. The van der Waals surface area contributed by atoms with Crippen LogP contribution >= 0.6 is 0 Å². The first-order valence-corrected chi connectivity index (χ1v) is 10.2. The fraction of sp³-hybridized carbons (Fsp3) is 0.619. The summed E-state index contributed by atoms with van der Waals surface area (Å²) in [6.07, 6.45) is 4.60. The number of rotatable bonds is 6. The van der Waals surface area contributed by atoms with E-state index in [1.54, 1.807) is 0 Å². The van der Waals surface area contributed by atoms with E-state index in [4.69, 9.17) is 4.74 Å². The Balaban J connectivity index is 1.41. The van der Waals surface area contributed by atoms with Gasteiger partial charge in [0.15, 0.2) is 0 Å². The molecule has 5 rings (SSSR count). The molecule has 4 atom stereocenters. The lowest BCUT2D eigenvalue weighted by Gasteiger charge is -2.56. The molecule has 27 heavy (non-hydrogen) atoms. The maximum atomic E-state index is 12.7. The zero-order valence-corrected chi connectivity index (χ0v) is 15.9. The lowest BCUT2D eigenvalue weighted by atomic mass is 9.58. The summed E-state index contributed by atoms with van der Waals surface area (Å²) in [5.74, 6) is 0.795. The molecular weight excluding hydrogens is 342 g/mol. The fourth-order valence-electron chi connectivity index (χ4n) is 5.13. The largest absolute Gasteiger partial charge is 0.382 e. The molecule has 6 nitrogen and oxygen atoms in total. The first-order chi connectivity index (χ1) is 13.1. The molecule has 0 radical (unpaired) electrons. The van der Waals surface area contributed by atoms with Crippen LogP contribution in [0.15, 0.2) is 24.3 Å². The first kappa shape index (κ1) is 18.3. The molecule has 3 saturated carbocycles. The van der Waals surface area contributed by atoms with Crippen molar-refractivity contribution >= 4 is 17.5 Å². The molecule has 1 heterocycles. The van der Waals surface area contributed by atoms with Gasteiger partial charge in [-0.1, -0.05) is 12.1 Å². The summed E-state index contributed by atoms with van der Waals surface area (Å²) in [5, 5.41) is 9.95. The minimum Gasteiger partial charge on any atom is -0.382 e. The third kappa shape index (κ3) is 3.43. The van der Waals surface area contributed by atoms with Crippen molar-refractivity contribution in [3.63, 3.8) is 0 Å². The highest BCUT2D eigenvalue weighted by atomic mass is 16.5. The molecule has 6 heteroatoms. The van der Waals surface area contributed by atoms with Crippen LogP contribution in [0.3, 0.4) is 0 Å². The molecule has 0 aromatic heterocycles. The predicted molar refractivity (Wildman–Crippen MR) is 103 cm³/mol. The van der Waals surface area contributed by atoms with Gasteiger partial charge in [-0.05, 0) is 57.1 Å². The van der Waals surface area contributed by atoms with Crippen LogP contribution in [0.2, 0.25) is 0 Å². The van der Waals surface area contributed by atoms with Crippen LogP contribution in [-0.4, -0.2) is 37.2 Å². The van der Waals surface area contributed by atoms with E-state index >= 15 is 0 Å². The SMILES string of the molecule is CCOCCCNC(=O)[C@@H]1C[C@H]2CC[C@H]1C[C@@]21NC(=O)c2ccccc2N1. The number of amides is 2. The number of hydrogen-bond acceptors (Lipinski definition) is 4. The average Bonchev–Trinajstić information content (AvgIpc) is 2.68. The second kappa shape index (κ2) is 7.50. The van der Waals surface area contributed by atoms with E-state index in [2.05, 4.69) is 16.0 Å². The van der Waals surface area contributed by atoms with Crippen molar-refractivity contribution in [3.8, 4) is 0 Å². The Bertz CT molecular complexity index is 722. The maximum absolute atomic E-state index is 12.7. The van der Waals surface area contributed by atoms with Gasteiger partial charge >= 0.3 is 0 Å².